The van der Waals surface area contributed by atoms with E-state index in [-0.39, 0.29) is 5.91 Å². The van der Waals surface area contributed by atoms with Crippen LogP contribution in [0.15, 0.2) is 36.4 Å². The number of benzene rings is 2. The molecule has 7 nitrogen and oxygen atoms in total. The van der Waals surface area contributed by atoms with Crippen LogP contribution in [0.3, 0.4) is 0 Å². The van der Waals surface area contributed by atoms with Crippen LogP contribution in [0, 0.1) is 13.8 Å². The van der Waals surface area contributed by atoms with Gasteiger partial charge in [-0.1, -0.05) is 6.07 Å². The Hall–Kier alpha value is -3.22. The Kier molecular flexibility index (Phi) is 4.81. The Morgan fingerprint density at radius 2 is 1.75 bits per heavy atom. The van der Waals surface area contributed by atoms with Crippen molar-refractivity contribution in [1.29, 1.82) is 0 Å². The van der Waals surface area contributed by atoms with E-state index in [1.807, 2.05) is 26.0 Å². The average Bonchev–Trinajstić information content (AvgIpc) is 3.01. The van der Waals surface area contributed by atoms with Gasteiger partial charge in [0.15, 0.2) is 11.5 Å². The van der Waals surface area contributed by atoms with Crippen molar-refractivity contribution in [3.63, 3.8) is 0 Å². The molecular weight excluding hydrogens is 358 g/mol. The summed E-state index contributed by atoms with van der Waals surface area (Å²) in [6.45, 7) is 5.59. The van der Waals surface area contributed by atoms with Crippen molar-refractivity contribution in [3.05, 3.63) is 47.5 Å². The molecule has 1 saturated heterocycles. The number of nitrogens with one attached hydrogen (secondary N) is 2. The van der Waals surface area contributed by atoms with Crippen LogP contribution in [0.1, 0.15) is 17.5 Å². The van der Waals surface area contributed by atoms with Crippen molar-refractivity contribution in [2.24, 2.45) is 0 Å². The number of amides is 3. The van der Waals surface area contributed by atoms with Crippen LogP contribution in [0.5, 0.6) is 11.5 Å². The molecule has 0 aromatic heterocycles. The molecule has 28 heavy (non-hydrogen) atoms. The smallest absolute Gasteiger partial charge is 0.319 e. The van der Waals surface area contributed by atoms with Crippen LogP contribution < -0.4 is 25.0 Å². The molecule has 0 saturated carbocycles. The molecular formula is C21H23N3O4. The van der Waals surface area contributed by atoms with Crippen molar-refractivity contribution >= 4 is 23.3 Å². The van der Waals surface area contributed by atoms with Gasteiger partial charge in [0.1, 0.15) is 19.3 Å². The number of hydrogen-bond acceptors (Lipinski definition) is 4. The lowest BCUT2D eigenvalue weighted by Crippen LogP contribution is -2.43. The molecule has 146 valence electrons. The summed E-state index contributed by atoms with van der Waals surface area (Å²) in [6.07, 6.45) is 0.570. The van der Waals surface area contributed by atoms with Crippen LogP contribution in [0.4, 0.5) is 16.2 Å². The summed E-state index contributed by atoms with van der Waals surface area (Å²) in [5.41, 5.74) is 3.67. The van der Waals surface area contributed by atoms with E-state index in [0.717, 1.165) is 16.8 Å². The number of urea groups is 1. The summed E-state index contributed by atoms with van der Waals surface area (Å²) in [5, 5.41) is 5.53. The Bertz CT molecular complexity index is 908. The summed E-state index contributed by atoms with van der Waals surface area (Å²) in [5.74, 6) is 1.16. The lowest BCUT2D eigenvalue weighted by molar-refractivity contribution is -0.118. The fourth-order valence-corrected chi connectivity index (χ4v) is 3.62. The van der Waals surface area contributed by atoms with Gasteiger partial charge in [0.2, 0.25) is 5.91 Å². The number of carbonyl (C=O) groups excluding carboxylic acids is 2. The minimum atomic E-state index is -0.543. The number of fused-ring (bicyclic) bond motifs is 1. The number of nitrogens with zero attached hydrogens (tertiary/aromatic N) is 1. The van der Waals surface area contributed by atoms with Gasteiger partial charge >= 0.3 is 6.03 Å². The molecule has 2 aromatic rings. The molecule has 2 aromatic carbocycles. The van der Waals surface area contributed by atoms with Gasteiger partial charge in [-0.15, -0.1) is 0 Å². The van der Waals surface area contributed by atoms with Gasteiger partial charge < -0.3 is 25.0 Å². The second-order valence-corrected chi connectivity index (χ2v) is 7.13. The van der Waals surface area contributed by atoms with Crippen molar-refractivity contribution in [2.75, 3.05) is 30.0 Å². The first-order valence-electron chi connectivity index (χ1n) is 9.36. The zero-order valence-corrected chi connectivity index (χ0v) is 16.0. The van der Waals surface area contributed by atoms with Crippen LogP contribution in [-0.2, 0) is 4.79 Å². The number of ether oxygens (including phenoxy) is 2. The molecule has 0 aliphatic carbocycles. The molecule has 0 radical (unpaired) electrons. The van der Waals surface area contributed by atoms with E-state index in [2.05, 4.69) is 16.7 Å². The largest absolute Gasteiger partial charge is 0.486 e. The van der Waals surface area contributed by atoms with E-state index >= 15 is 0 Å². The van der Waals surface area contributed by atoms with Gasteiger partial charge in [0.25, 0.3) is 0 Å². The zero-order valence-electron chi connectivity index (χ0n) is 16.0. The highest BCUT2D eigenvalue weighted by Crippen LogP contribution is 2.32. The molecule has 1 fully saturated rings. The van der Waals surface area contributed by atoms with Crippen molar-refractivity contribution in [2.45, 2.75) is 26.3 Å². The van der Waals surface area contributed by atoms with E-state index in [1.54, 1.807) is 23.1 Å². The van der Waals surface area contributed by atoms with E-state index in [9.17, 15) is 9.59 Å². The third kappa shape index (κ3) is 3.74. The summed E-state index contributed by atoms with van der Waals surface area (Å²) in [6, 6.07) is 10.3. The number of aryl methyl sites for hydroxylation is 2. The highest BCUT2D eigenvalue weighted by atomic mass is 16.6. The predicted octanol–water partition coefficient (Wildman–Crippen LogP) is 3.00. The van der Waals surface area contributed by atoms with Gasteiger partial charge in [-0.25, -0.2) is 4.79 Å². The monoisotopic (exact) mass is 381 g/mol. The summed E-state index contributed by atoms with van der Waals surface area (Å²) >= 11 is 0. The first-order valence-corrected chi connectivity index (χ1v) is 9.36. The second-order valence-electron chi connectivity index (χ2n) is 7.13. The fraction of sp³-hybridized carbons (Fsp3) is 0.333. The second kappa shape index (κ2) is 7.42. The van der Waals surface area contributed by atoms with E-state index < -0.39 is 12.1 Å². The fourth-order valence-electron chi connectivity index (χ4n) is 3.62. The van der Waals surface area contributed by atoms with Crippen molar-refractivity contribution < 1.29 is 19.1 Å². The third-order valence-corrected chi connectivity index (χ3v) is 4.83. The Morgan fingerprint density at radius 3 is 2.50 bits per heavy atom. The Morgan fingerprint density at radius 1 is 1.04 bits per heavy atom. The normalized spacial score (nSPS) is 18.1. The highest BCUT2D eigenvalue weighted by Gasteiger charge is 2.33. The number of rotatable bonds is 3. The minimum Gasteiger partial charge on any atom is -0.486 e. The van der Waals surface area contributed by atoms with E-state index in [4.69, 9.17) is 9.47 Å². The molecule has 2 aliphatic heterocycles. The molecule has 0 unspecified atom stereocenters. The molecule has 1 atom stereocenters. The summed E-state index contributed by atoms with van der Waals surface area (Å²) < 4.78 is 11.0. The first kappa shape index (κ1) is 18.2. The van der Waals surface area contributed by atoms with Gasteiger partial charge in [0, 0.05) is 24.0 Å². The molecule has 0 bridgehead atoms. The molecule has 7 heteroatoms. The van der Waals surface area contributed by atoms with Crippen molar-refractivity contribution in [3.8, 4) is 11.5 Å². The van der Waals surface area contributed by atoms with Crippen LogP contribution in [0.25, 0.3) is 0 Å². The summed E-state index contributed by atoms with van der Waals surface area (Å²) in [7, 11) is 0. The molecule has 2 N–H and O–H groups in total. The summed E-state index contributed by atoms with van der Waals surface area (Å²) in [4.78, 5) is 26.9. The highest BCUT2D eigenvalue weighted by molar-refractivity contribution is 6.02. The minimum absolute atomic E-state index is 0.0951. The van der Waals surface area contributed by atoms with Crippen LogP contribution >= 0.6 is 0 Å². The maximum absolute atomic E-state index is 12.8. The number of anilines is 2. The topological polar surface area (TPSA) is 79.9 Å². The zero-order chi connectivity index (χ0) is 19.7. The molecule has 2 heterocycles. The Labute approximate surface area is 163 Å². The molecule has 0 spiro atoms. The van der Waals surface area contributed by atoms with Crippen LogP contribution in [-0.4, -0.2) is 37.7 Å². The van der Waals surface area contributed by atoms with Crippen LogP contribution in [0.2, 0.25) is 0 Å². The number of carbonyl (C=O) groups is 2. The van der Waals surface area contributed by atoms with Crippen molar-refractivity contribution in [1.82, 2.24) is 5.32 Å². The Balaban J connectivity index is 1.39. The maximum Gasteiger partial charge on any atom is 0.319 e. The standard InChI is InChI=1S/C21H23N3O4/c1-13-9-14(2)11-16(10-13)24-6-5-17(20(24)25)23-21(26)22-15-3-4-18-19(12-15)28-8-7-27-18/h3-4,9-12,17H,5-8H2,1-2H3,(H2,22,23,26)/t17-/m1/s1. The SMILES string of the molecule is Cc1cc(C)cc(N2CC[C@@H](NC(=O)Nc3ccc4c(c3)OCCO4)C2=O)c1. The van der Waals surface area contributed by atoms with Gasteiger partial charge in [-0.3, -0.25) is 4.79 Å². The third-order valence-electron chi connectivity index (χ3n) is 4.83. The molecule has 4 rings (SSSR count). The van der Waals surface area contributed by atoms with Gasteiger partial charge in [0.05, 0.1) is 0 Å². The predicted molar refractivity (Wildman–Crippen MR) is 106 cm³/mol. The van der Waals surface area contributed by atoms with E-state index in [1.165, 1.54) is 0 Å². The van der Waals surface area contributed by atoms with Gasteiger partial charge in [-0.2, -0.15) is 0 Å². The number of hydrogen-bond donors (Lipinski definition) is 2. The lowest BCUT2D eigenvalue weighted by Gasteiger charge is -2.20. The molecule has 3 amide bonds. The van der Waals surface area contributed by atoms with E-state index in [0.29, 0.717) is 43.4 Å². The first-order chi connectivity index (χ1) is 13.5. The van der Waals surface area contributed by atoms with Gasteiger partial charge in [-0.05, 0) is 55.7 Å². The maximum atomic E-state index is 12.8. The molecule has 2 aliphatic rings. The lowest BCUT2D eigenvalue weighted by atomic mass is 10.1. The quantitative estimate of drug-likeness (QED) is 0.857. The average molecular weight is 381 g/mol.